The van der Waals surface area contributed by atoms with E-state index in [0.717, 1.165) is 25.7 Å². The van der Waals surface area contributed by atoms with Gasteiger partial charge in [0.2, 0.25) is 0 Å². The number of rotatable bonds is 6. The van der Waals surface area contributed by atoms with Gasteiger partial charge in [-0.2, -0.15) is 0 Å². The first-order valence-corrected chi connectivity index (χ1v) is 5.91. The van der Waals surface area contributed by atoms with Crippen LogP contribution in [0, 0.1) is 11.6 Å². The fourth-order valence-electron chi connectivity index (χ4n) is 1.59. The summed E-state index contributed by atoms with van der Waals surface area (Å²) in [6.45, 7) is 6.64. The second-order valence-electron chi connectivity index (χ2n) is 4.24. The van der Waals surface area contributed by atoms with E-state index in [9.17, 15) is 8.78 Å². The SMILES string of the molecule is CCN(C)CCNC(C)c1ccc(F)cc1F. The van der Waals surface area contributed by atoms with Crippen LogP contribution in [0.1, 0.15) is 25.5 Å². The molecule has 1 atom stereocenters. The summed E-state index contributed by atoms with van der Waals surface area (Å²) in [5.41, 5.74) is 0.505. The summed E-state index contributed by atoms with van der Waals surface area (Å²) in [7, 11) is 2.03. The lowest BCUT2D eigenvalue weighted by atomic mass is 10.1. The molecule has 0 aromatic heterocycles. The molecule has 0 radical (unpaired) electrons. The summed E-state index contributed by atoms with van der Waals surface area (Å²) in [4.78, 5) is 2.17. The highest BCUT2D eigenvalue weighted by atomic mass is 19.1. The molecule has 0 saturated carbocycles. The normalized spacial score (nSPS) is 13.1. The fraction of sp³-hybridized carbons (Fsp3) is 0.538. The van der Waals surface area contributed by atoms with Crippen LogP contribution in [0.15, 0.2) is 18.2 Å². The molecule has 0 fully saturated rings. The molecule has 0 aliphatic rings. The van der Waals surface area contributed by atoms with Gasteiger partial charge in [0.15, 0.2) is 0 Å². The zero-order chi connectivity index (χ0) is 12.8. The topological polar surface area (TPSA) is 15.3 Å². The van der Waals surface area contributed by atoms with Gasteiger partial charge in [-0.05, 0) is 26.6 Å². The molecule has 1 unspecified atom stereocenters. The zero-order valence-corrected chi connectivity index (χ0v) is 10.6. The zero-order valence-electron chi connectivity index (χ0n) is 10.6. The molecule has 0 aliphatic heterocycles. The Hall–Kier alpha value is -1.00. The minimum atomic E-state index is -0.538. The number of hydrogen-bond acceptors (Lipinski definition) is 2. The molecular weight excluding hydrogens is 222 g/mol. The van der Waals surface area contributed by atoms with Crippen molar-refractivity contribution >= 4 is 0 Å². The molecule has 1 aromatic rings. The summed E-state index contributed by atoms with van der Waals surface area (Å²) < 4.78 is 26.2. The van der Waals surface area contributed by atoms with Crippen LogP contribution in [0.25, 0.3) is 0 Å². The first-order chi connectivity index (χ1) is 8.04. The Balaban J connectivity index is 2.49. The average molecular weight is 242 g/mol. The average Bonchev–Trinajstić information content (AvgIpc) is 2.28. The molecule has 1 rings (SSSR count). The molecule has 4 heteroatoms. The highest BCUT2D eigenvalue weighted by molar-refractivity contribution is 5.21. The Morgan fingerprint density at radius 1 is 1.35 bits per heavy atom. The molecule has 0 bridgehead atoms. The predicted molar refractivity (Wildman–Crippen MR) is 65.9 cm³/mol. The minimum absolute atomic E-state index is 0.110. The molecule has 1 aromatic carbocycles. The second kappa shape index (κ2) is 6.67. The van der Waals surface area contributed by atoms with Gasteiger partial charge in [0.1, 0.15) is 11.6 Å². The summed E-state index contributed by atoms with van der Waals surface area (Å²) >= 11 is 0. The van der Waals surface area contributed by atoms with E-state index in [4.69, 9.17) is 0 Å². The largest absolute Gasteiger partial charge is 0.309 e. The lowest BCUT2D eigenvalue weighted by Gasteiger charge is -2.18. The highest BCUT2D eigenvalue weighted by Crippen LogP contribution is 2.17. The van der Waals surface area contributed by atoms with E-state index in [1.807, 2.05) is 14.0 Å². The number of halogens is 2. The van der Waals surface area contributed by atoms with Crippen LogP contribution >= 0.6 is 0 Å². The van der Waals surface area contributed by atoms with Crippen LogP contribution in [-0.4, -0.2) is 31.6 Å². The third kappa shape index (κ3) is 4.40. The molecule has 0 saturated heterocycles. The van der Waals surface area contributed by atoms with Crippen molar-refractivity contribution in [2.45, 2.75) is 19.9 Å². The molecule has 96 valence electrons. The predicted octanol–water partition coefficient (Wildman–Crippen LogP) is 2.57. The Morgan fingerprint density at radius 3 is 2.65 bits per heavy atom. The molecule has 1 N–H and O–H groups in total. The van der Waals surface area contributed by atoms with Crippen molar-refractivity contribution in [2.24, 2.45) is 0 Å². The van der Waals surface area contributed by atoms with Gasteiger partial charge in [-0.1, -0.05) is 13.0 Å². The van der Waals surface area contributed by atoms with E-state index in [1.54, 1.807) is 0 Å². The minimum Gasteiger partial charge on any atom is -0.309 e. The van der Waals surface area contributed by atoms with Crippen LogP contribution < -0.4 is 5.32 Å². The van der Waals surface area contributed by atoms with E-state index < -0.39 is 11.6 Å². The maximum atomic E-state index is 13.5. The summed E-state index contributed by atoms with van der Waals surface area (Å²) in [5.74, 6) is -1.03. The van der Waals surface area contributed by atoms with Gasteiger partial charge in [0.05, 0.1) is 0 Å². The van der Waals surface area contributed by atoms with Crippen molar-refractivity contribution < 1.29 is 8.78 Å². The quantitative estimate of drug-likeness (QED) is 0.824. The van der Waals surface area contributed by atoms with Crippen LogP contribution in [0.4, 0.5) is 8.78 Å². The molecule has 0 spiro atoms. The molecule has 0 amide bonds. The van der Waals surface area contributed by atoms with Gasteiger partial charge in [-0.3, -0.25) is 0 Å². The standard InChI is InChI=1S/C13H20F2N2/c1-4-17(3)8-7-16-10(2)12-6-5-11(14)9-13(12)15/h5-6,9-10,16H,4,7-8H2,1-3H3. The van der Waals surface area contributed by atoms with Crippen LogP contribution in [0.3, 0.4) is 0 Å². The molecule has 0 heterocycles. The summed E-state index contributed by atoms with van der Waals surface area (Å²) in [6, 6.07) is 3.59. The van der Waals surface area contributed by atoms with Crippen LogP contribution in [0.5, 0.6) is 0 Å². The highest BCUT2D eigenvalue weighted by Gasteiger charge is 2.10. The Labute approximate surface area is 102 Å². The smallest absolute Gasteiger partial charge is 0.130 e. The van der Waals surface area contributed by atoms with Gasteiger partial charge in [-0.15, -0.1) is 0 Å². The first-order valence-electron chi connectivity index (χ1n) is 5.91. The first kappa shape index (κ1) is 14.1. The molecule has 2 nitrogen and oxygen atoms in total. The number of nitrogens with zero attached hydrogens (tertiary/aromatic N) is 1. The fourth-order valence-corrected chi connectivity index (χ4v) is 1.59. The van der Waals surface area contributed by atoms with Gasteiger partial charge in [0, 0.05) is 30.8 Å². The molecule has 17 heavy (non-hydrogen) atoms. The van der Waals surface area contributed by atoms with E-state index in [2.05, 4.69) is 17.1 Å². The van der Waals surface area contributed by atoms with Gasteiger partial charge in [-0.25, -0.2) is 8.78 Å². The van der Waals surface area contributed by atoms with Crippen molar-refractivity contribution in [3.8, 4) is 0 Å². The van der Waals surface area contributed by atoms with Crippen molar-refractivity contribution in [3.63, 3.8) is 0 Å². The van der Waals surface area contributed by atoms with Crippen LogP contribution in [-0.2, 0) is 0 Å². The van der Waals surface area contributed by atoms with E-state index in [0.29, 0.717) is 5.56 Å². The van der Waals surface area contributed by atoms with Crippen molar-refractivity contribution in [3.05, 3.63) is 35.4 Å². The van der Waals surface area contributed by atoms with Gasteiger partial charge >= 0.3 is 0 Å². The maximum absolute atomic E-state index is 13.5. The maximum Gasteiger partial charge on any atom is 0.130 e. The molecular formula is C13H20F2N2. The Morgan fingerprint density at radius 2 is 2.06 bits per heavy atom. The third-order valence-electron chi connectivity index (χ3n) is 2.91. The number of hydrogen-bond donors (Lipinski definition) is 1. The van der Waals surface area contributed by atoms with Crippen molar-refractivity contribution in [1.82, 2.24) is 10.2 Å². The number of benzene rings is 1. The van der Waals surface area contributed by atoms with Crippen molar-refractivity contribution in [1.29, 1.82) is 0 Å². The van der Waals surface area contributed by atoms with E-state index >= 15 is 0 Å². The Bertz CT molecular complexity index is 355. The summed E-state index contributed by atoms with van der Waals surface area (Å²) in [5, 5.41) is 3.22. The number of likely N-dealkylation sites (N-methyl/N-ethyl adjacent to an activating group) is 1. The molecule has 0 aliphatic carbocycles. The van der Waals surface area contributed by atoms with E-state index in [-0.39, 0.29) is 6.04 Å². The van der Waals surface area contributed by atoms with Gasteiger partial charge in [0.25, 0.3) is 0 Å². The van der Waals surface area contributed by atoms with Gasteiger partial charge < -0.3 is 10.2 Å². The third-order valence-corrected chi connectivity index (χ3v) is 2.91. The lowest BCUT2D eigenvalue weighted by Crippen LogP contribution is -2.30. The monoisotopic (exact) mass is 242 g/mol. The second-order valence-corrected chi connectivity index (χ2v) is 4.24. The van der Waals surface area contributed by atoms with E-state index in [1.165, 1.54) is 12.1 Å². The Kier molecular flexibility index (Phi) is 5.51. The summed E-state index contributed by atoms with van der Waals surface area (Å²) in [6.07, 6.45) is 0. The van der Waals surface area contributed by atoms with Crippen LogP contribution in [0.2, 0.25) is 0 Å². The van der Waals surface area contributed by atoms with Crippen molar-refractivity contribution in [2.75, 3.05) is 26.7 Å². The number of nitrogens with one attached hydrogen (secondary N) is 1. The lowest BCUT2D eigenvalue weighted by molar-refractivity contribution is 0.341.